The molecule has 3 heteroatoms. The fourth-order valence-electron chi connectivity index (χ4n) is 1.42. The van der Waals surface area contributed by atoms with E-state index in [0.29, 0.717) is 18.3 Å². The van der Waals surface area contributed by atoms with Crippen molar-refractivity contribution in [1.29, 1.82) is 0 Å². The summed E-state index contributed by atoms with van der Waals surface area (Å²) in [6.45, 7) is 4.69. The summed E-state index contributed by atoms with van der Waals surface area (Å²) < 4.78 is 18.8. The molecule has 16 heavy (non-hydrogen) atoms. The molecule has 0 radical (unpaired) electrons. The van der Waals surface area contributed by atoms with Crippen molar-refractivity contribution in [2.45, 2.75) is 26.7 Å². The molecule has 0 aliphatic rings. The smallest absolute Gasteiger partial charge is 0.165 e. The van der Waals surface area contributed by atoms with Crippen LogP contribution in [0.15, 0.2) is 18.2 Å². The van der Waals surface area contributed by atoms with Crippen molar-refractivity contribution in [3.8, 4) is 5.75 Å². The topological polar surface area (TPSA) is 9.23 Å². The molecular weight excluding hydrogens is 271 g/mol. The van der Waals surface area contributed by atoms with Crippen LogP contribution < -0.4 is 4.74 Å². The van der Waals surface area contributed by atoms with Crippen LogP contribution in [0.2, 0.25) is 0 Å². The summed E-state index contributed by atoms with van der Waals surface area (Å²) in [4.78, 5) is 0. The molecule has 0 saturated heterocycles. The molecule has 1 nitrogen and oxygen atoms in total. The highest BCUT2D eigenvalue weighted by molar-refractivity contribution is 9.09. The standard InChI is InChI=1S/C13H18BrFO/c1-10(5-7-14)6-8-16-13-9-11(2)3-4-12(13)15/h3-4,9-10H,5-8H2,1-2H3. The van der Waals surface area contributed by atoms with E-state index in [4.69, 9.17) is 4.74 Å². The third kappa shape index (κ3) is 4.52. The van der Waals surface area contributed by atoms with Gasteiger partial charge in [0.25, 0.3) is 0 Å². The summed E-state index contributed by atoms with van der Waals surface area (Å²) in [6.07, 6.45) is 2.08. The zero-order chi connectivity index (χ0) is 12.0. The van der Waals surface area contributed by atoms with E-state index < -0.39 is 0 Å². The van der Waals surface area contributed by atoms with Crippen LogP contribution in [0, 0.1) is 18.7 Å². The van der Waals surface area contributed by atoms with Gasteiger partial charge >= 0.3 is 0 Å². The molecular formula is C13H18BrFO. The Balaban J connectivity index is 2.39. The summed E-state index contributed by atoms with van der Waals surface area (Å²) in [6, 6.07) is 4.94. The van der Waals surface area contributed by atoms with Crippen LogP contribution in [0.4, 0.5) is 4.39 Å². The van der Waals surface area contributed by atoms with E-state index in [1.54, 1.807) is 12.1 Å². The summed E-state index contributed by atoms with van der Waals surface area (Å²) in [5, 5.41) is 1.01. The summed E-state index contributed by atoms with van der Waals surface area (Å²) in [5.74, 6) is 0.692. The van der Waals surface area contributed by atoms with Crippen LogP contribution in [0.3, 0.4) is 0 Å². The molecule has 1 aromatic carbocycles. The Hall–Kier alpha value is -0.570. The highest BCUT2D eigenvalue weighted by Crippen LogP contribution is 2.19. The van der Waals surface area contributed by atoms with E-state index >= 15 is 0 Å². The fraction of sp³-hybridized carbons (Fsp3) is 0.538. The molecule has 0 aliphatic carbocycles. The molecule has 0 spiro atoms. The van der Waals surface area contributed by atoms with E-state index in [9.17, 15) is 4.39 Å². The van der Waals surface area contributed by atoms with Crippen LogP contribution in [0.1, 0.15) is 25.3 Å². The molecule has 0 aliphatic heterocycles. The SMILES string of the molecule is Cc1ccc(F)c(OCCC(C)CCBr)c1. The van der Waals surface area contributed by atoms with E-state index in [1.165, 1.54) is 6.07 Å². The van der Waals surface area contributed by atoms with Gasteiger partial charge in [-0.25, -0.2) is 4.39 Å². The van der Waals surface area contributed by atoms with E-state index in [0.717, 1.165) is 23.7 Å². The van der Waals surface area contributed by atoms with Gasteiger partial charge in [-0.1, -0.05) is 28.9 Å². The Kier molecular flexibility index (Phi) is 5.81. The fourth-order valence-corrected chi connectivity index (χ4v) is 2.20. The Morgan fingerprint density at radius 2 is 2.12 bits per heavy atom. The molecule has 1 aromatic rings. The molecule has 0 aromatic heterocycles. The third-order valence-corrected chi connectivity index (χ3v) is 3.01. The Labute approximate surface area is 105 Å². The van der Waals surface area contributed by atoms with Crippen LogP contribution in [-0.4, -0.2) is 11.9 Å². The molecule has 0 saturated carbocycles. The van der Waals surface area contributed by atoms with E-state index in [-0.39, 0.29) is 5.82 Å². The highest BCUT2D eigenvalue weighted by Gasteiger charge is 2.05. The van der Waals surface area contributed by atoms with E-state index in [2.05, 4.69) is 22.9 Å². The first-order valence-corrected chi connectivity index (χ1v) is 6.70. The number of rotatable bonds is 6. The lowest BCUT2D eigenvalue weighted by Crippen LogP contribution is -2.05. The van der Waals surface area contributed by atoms with Gasteiger partial charge in [-0.15, -0.1) is 0 Å². The first-order chi connectivity index (χ1) is 7.63. The lowest BCUT2D eigenvalue weighted by atomic mass is 10.1. The Morgan fingerprint density at radius 3 is 2.81 bits per heavy atom. The maximum absolute atomic E-state index is 13.3. The average molecular weight is 289 g/mol. The Morgan fingerprint density at radius 1 is 1.38 bits per heavy atom. The maximum Gasteiger partial charge on any atom is 0.165 e. The van der Waals surface area contributed by atoms with Gasteiger partial charge in [0.1, 0.15) is 0 Å². The van der Waals surface area contributed by atoms with E-state index in [1.807, 2.05) is 6.92 Å². The molecule has 1 rings (SSSR count). The number of hydrogen-bond donors (Lipinski definition) is 0. The van der Waals surface area contributed by atoms with Crippen LogP contribution in [0.5, 0.6) is 5.75 Å². The van der Waals surface area contributed by atoms with Crippen LogP contribution in [-0.2, 0) is 0 Å². The van der Waals surface area contributed by atoms with Gasteiger partial charge in [0.15, 0.2) is 11.6 Å². The largest absolute Gasteiger partial charge is 0.490 e. The van der Waals surface area contributed by atoms with Gasteiger partial charge < -0.3 is 4.74 Å². The van der Waals surface area contributed by atoms with Crippen molar-refractivity contribution in [2.24, 2.45) is 5.92 Å². The molecule has 90 valence electrons. The molecule has 0 amide bonds. The quantitative estimate of drug-likeness (QED) is 0.708. The number of hydrogen-bond acceptors (Lipinski definition) is 1. The predicted molar refractivity (Wildman–Crippen MR) is 68.8 cm³/mol. The molecule has 0 heterocycles. The van der Waals surface area contributed by atoms with Crippen molar-refractivity contribution < 1.29 is 9.13 Å². The maximum atomic E-state index is 13.3. The number of halogens is 2. The lowest BCUT2D eigenvalue weighted by Gasteiger charge is -2.11. The van der Waals surface area contributed by atoms with Gasteiger partial charge in [-0.3, -0.25) is 0 Å². The number of aryl methyl sites for hydroxylation is 1. The van der Waals surface area contributed by atoms with Crippen LogP contribution >= 0.6 is 15.9 Å². The van der Waals surface area contributed by atoms with Gasteiger partial charge in [0.2, 0.25) is 0 Å². The third-order valence-electron chi connectivity index (χ3n) is 2.56. The summed E-state index contributed by atoms with van der Waals surface area (Å²) >= 11 is 3.41. The first-order valence-electron chi connectivity index (χ1n) is 5.58. The van der Waals surface area contributed by atoms with Gasteiger partial charge in [-0.2, -0.15) is 0 Å². The van der Waals surface area contributed by atoms with Crippen molar-refractivity contribution in [3.05, 3.63) is 29.6 Å². The van der Waals surface area contributed by atoms with Crippen molar-refractivity contribution in [1.82, 2.24) is 0 Å². The second kappa shape index (κ2) is 6.89. The highest BCUT2D eigenvalue weighted by atomic mass is 79.9. The minimum absolute atomic E-state index is 0.279. The minimum atomic E-state index is -0.279. The second-order valence-electron chi connectivity index (χ2n) is 4.15. The monoisotopic (exact) mass is 288 g/mol. The molecule has 1 atom stereocenters. The van der Waals surface area contributed by atoms with Crippen molar-refractivity contribution >= 4 is 15.9 Å². The average Bonchev–Trinajstić information content (AvgIpc) is 2.23. The molecule has 0 N–H and O–H groups in total. The van der Waals surface area contributed by atoms with Gasteiger partial charge in [-0.05, 0) is 43.4 Å². The van der Waals surface area contributed by atoms with Gasteiger partial charge in [0.05, 0.1) is 6.61 Å². The summed E-state index contributed by atoms with van der Waals surface area (Å²) in [7, 11) is 0. The van der Waals surface area contributed by atoms with Crippen LogP contribution in [0.25, 0.3) is 0 Å². The normalized spacial score (nSPS) is 12.5. The van der Waals surface area contributed by atoms with Gasteiger partial charge in [0, 0.05) is 5.33 Å². The van der Waals surface area contributed by atoms with Crippen molar-refractivity contribution in [2.75, 3.05) is 11.9 Å². The minimum Gasteiger partial charge on any atom is -0.490 e. The number of benzene rings is 1. The number of alkyl halides is 1. The molecule has 0 fully saturated rings. The first kappa shape index (κ1) is 13.5. The summed E-state index contributed by atoms with van der Waals surface area (Å²) in [5.41, 5.74) is 1.02. The Bertz CT molecular complexity index is 328. The second-order valence-corrected chi connectivity index (χ2v) is 4.95. The molecule has 1 unspecified atom stereocenters. The van der Waals surface area contributed by atoms with Crippen molar-refractivity contribution in [3.63, 3.8) is 0 Å². The molecule has 0 bridgehead atoms. The zero-order valence-corrected chi connectivity index (χ0v) is 11.4. The lowest BCUT2D eigenvalue weighted by molar-refractivity contribution is 0.270. The zero-order valence-electron chi connectivity index (χ0n) is 9.80. The predicted octanol–water partition coefficient (Wildman–Crippen LogP) is 4.32. The number of ether oxygens (including phenoxy) is 1.